The van der Waals surface area contributed by atoms with Crippen molar-refractivity contribution in [3.8, 4) is 5.75 Å². The molecule has 1 amide bonds. The van der Waals surface area contributed by atoms with Crippen molar-refractivity contribution in [3.05, 3.63) is 41.2 Å². The zero-order valence-corrected chi connectivity index (χ0v) is 16.0. The van der Waals surface area contributed by atoms with Gasteiger partial charge in [-0.3, -0.25) is 10.1 Å². The molecule has 0 bridgehead atoms. The smallest absolute Gasteiger partial charge is 0.236 e. The highest BCUT2D eigenvalue weighted by atomic mass is 32.2. The number of hydrogen-bond donors (Lipinski definition) is 1. The Balaban J connectivity index is 1.56. The molecule has 0 aliphatic rings. The predicted octanol–water partition coefficient (Wildman–Crippen LogP) is 2.77. The summed E-state index contributed by atoms with van der Waals surface area (Å²) >= 11 is 2.60. The molecule has 0 aliphatic heterocycles. The Labute approximate surface area is 159 Å². The van der Waals surface area contributed by atoms with E-state index in [1.54, 1.807) is 5.51 Å². The maximum atomic E-state index is 12.0. The van der Waals surface area contributed by atoms with Gasteiger partial charge in [0.2, 0.25) is 11.0 Å². The van der Waals surface area contributed by atoms with Crippen LogP contribution in [0, 0.1) is 6.92 Å². The van der Waals surface area contributed by atoms with Gasteiger partial charge in [0, 0.05) is 6.54 Å². The van der Waals surface area contributed by atoms with Crippen molar-refractivity contribution in [2.75, 3.05) is 11.1 Å². The van der Waals surface area contributed by atoms with Gasteiger partial charge in [-0.05, 0) is 26.0 Å². The lowest BCUT2D eigenvalue weighted by molar-refractivity contribution is -0.113. The largest absolute Gasteiger partial charge is 0.486 e. The van der Waals surface area contributed by atoms with E-state index in [1.165, 1.54) is 28.7 Å². The number of rotatable bonds is 8. The van der Waals surface area contributed by atoms with Crippen LogP contribution < -0.4 is 10.1 Å². The number of nitrogens with zero attached hydrogens (tertiary/aromatic N) is 5. The Morgan fingerprint density at radius 2 is 2.08 bits per heavy atom. The molecule has 2 heterocycles. The first kappa shape index (κ1) is 18.3. The highest BCUT2D eigenvalue weighted by Crippen LogP contribution is 2.19. The third kappa shape index (κ3) is 4.79. The average Bonchev–Trinajstić information content (AvgIpc) is 3.28. The summed E-state index contributed by atoms with van der Waals surface area (Å²) in [5.41, 5.74) is 2.75. The van der Waals surface area contributed by atoms with Gasteiger partial charge in [-0.25, -0.2) is 0 Å². The molecule has 0 atom stereocenters. The summed E-state index contributed by atoms with van der Waals surface area (Å²) in [4.78, 5) is 12.0. The zero-order chi connectivity index (χ0) is 18.4. The maximum Gasteiger partial charge on any atom is 0.236 e. The summed E-state index contributed by atoms with van der Waals surface area (Å²) in [6.45, 7) is 5.05. The van der Waals surface area contributed by atoms with Crippen LogP contribution in [0.4, 0.5) is 5.13 Å². The summed E-state index contributed by atoms with van der Waals surface area (Å²) in [5.74, 6) is 1.57. The molecule has 0 radical (unpaired) electrons. The number of amides is 1. The van der Waals surface area contributed by atoms with Crippen LogP contribution in [-0.2, 0) is 17.9 Å². The van der Waals surface area contributed by atoms with Crippen LogP contribution in [0.1, 0.15) is 18.3 Å². The molecular formula is C16H18N6O2S2. The number of carbonyl (C=O) groups is 1. The molecule has 1 N–H and O–H groups in total. The van der Waals surface area contributed by atoms with Gasteiger partial charge in [0.25, 0.3) is 0 Å². The van der Waals surface area contributed by atoms with Gasteiger partial charge >= 0.3 is 0 Å². The predicted molar refractivity (Wildman–Crippen MR) is 100 cm³/mol. The first-order chi connectivity index (χ1) is 12.7. The molecule has 3 rings (SSSR count). The van der Waals surface area contributed by atoms with Crippen molar-refractivity contribution in [1.29, 1.82) is 0 Å². The minimum absolute atomic E-state index is 0.158. The van der Waals surface area contributed by atoms with E-state index in [0.29, 0.717) is 23.4 Å². The average molecular weight is 390 g/mol. The fraction of sp³-hybridized carbons (Fsp3) is 0.312. The fourth-order valence-corrected chi connectivity index (χ4v) is 3.43. The normalized spacial score (nSPS) is 10.7. The van der Waals surface area contributed by atoms with Gasteiger partial charge < -0.3 is 9.30 Å². The van der Waals surface area contributed by atoms with Crippen LogP contribution in [0.5, 0.6) is 5.75 Å². The maximum absolute atomic E-state index is 12.0. The Morgan fingerprint density at radius 1 is 1.27 bits per heavy atom. The van der Waals surface area contributed by atoms with E-state index in [1.807, 2.05) is 42.7 Å². The molecule has 0 unspecified atom stereocenters. The molecule has 0 fully saturated rings. The molecule has 0 spiro atoms. The molecule has 1 aromatic carbocycles. The molecule has 8 nitrogen and oxygen atoms in total. The number of nitrogens with one attached hydrogen (secondary N) is 1. The lowest BCUT2D eigenvalue weighted by Crippen LogP contribution is -2.14. The molecule has 26 heavy (non-hydrogen) atoms. The van der Waals surface area contributed by atoms with E-state index in [2.05, 4.69) is 25.7 Å². The molecule has 3 aromatic rings. The van der Waals surface area contributed by atoms with Crippen molar-refractivity contribution in [1.82, 2.24) is 25.0 Å². The highest BCUT2D eigenvalue weighted by molar-refractivity contribution is 7.99. The Kier molecular flexibility index (Phi) is 6.18. The topological polar surface area (TPSA) is 94.8 Å². The van der Waals surface area contributed by atoms with Crippen LogP contribution >= 0.6 is 23.1 Å². The molecule has 2 aromatic heterocycles. The second kappa shape index (κ2) is 8.77. The molecule has 0 aliphatic carbocycles. The second-order valence-corrected chi connectivity index (χ2v) is 7.10. The van der Waals surface area contributed by atoms with Crippen LogP contribution in [0.3, 0.4) is 0 Å². The Bertz CT molecular complexity index is 848. The van der Waals surface area contributed by atoms with Crippen molar-refractivity contribution in [3.63, 3.8) is 0 Å². The van der Waals surface area contributed by atoms with E-state index in [4.69, 9.17) is 4.74 Å². The SMILES string of the molecule is CCn1c(COc2ccc(C)cc2)nnc1SCC(=O)Nc1nncs1. The summed E-state index contributed by atoms with van der Waals surface area (Å²) < 4.78 is 7.71. The van der Waals surface area contributed by atoms with Gasteiger partial charge in [-0.2, -0.15) is 0 Å². The minimum atomic E-state index is -0.158. The third-order valence-electron chi connectivity index (χ3n) is 3.44. The molecule has 0 saturated carbocycles. The third-order valence-corrected chi connectivity index (χ3v) is 5.01. The highest BCUT2D eigenvalue weighted by Gasteiger charge is 2.14. The number of hydrogen-bond acceptors (Lipinski definition) is 8. The number of thioether (sulfide) groups is 1. The van der Waals surface area contributed by atoms with Gasteiger partial charge in [-0.15, -0.1) is 20.4 Å². The molecule has 0 saturated heterocycles. The number of aromatic nitrogens is 5. The lowest BCUT2D eigenvalue weighted by atomic mass is 10.2. The van der Waals surface area contributed by atoms with Crippen molar-refractivity contribution >= 4 is 34.1 Å². The minimum Gasteiger partial charge on any atom is -0.486 e. The summed E-state index contributed by atoms with van der Waals surface area (Å²) in [6, 6.07) is 7.85. The number of ether oxygens (including phenoxy) is 1. The number of anilines is 1. The summed E-state index contributed by atoms with van der Waals surface area (Å²) in [7, 11) is 0. The lowest BCUT2D eigenvalue weighted by Gasteiger charge is -2.09. The second-order valence-electron chi connectivity index (χ2n) is 5.33. The van der Waals surface area contributed by atoms with Crippen LogP contribution in [0.15, 0.2) is 34.9 Å². The van der Waals surface area contributed by atoms with Crippen molar-refractivity contribution in [2.45, 2.75) is 32.2 Å². The first-order valence-electron chi connectivity index (χ1n) is 7.96. The van der Waals surface area contributed by atoms with E-state index in [9.17, 15) is 4.79 Å². The standard InChI is InChI=1S/C16H18N6O2S2/c1-3-22-13(8-24-12-6-4-11(2)5-7-12)19-21-16(22)25-9-14(23)18-15-20-17-10-26-15/h4-7,10H,3,8-9H2,1-2H3,(H,18,20,23). The monoisotopic (exact) mass is 390 g/mol. The van der Waals surface area contributed by atoms with E-state index in [0.717, 1.165) is 11.6 Å². The van der Waals surface area contributed by atoms with E-state index >= 15 is 0 Å². The van der Waals surface area contributed by atoms with Crippen LogP contribution in [-0.4, -0.2) is 36.6 Å². The summed E-state index contributed by atoms with van der Waals surface area (Å²) in [6.07, 6.45) is 0. The van der Waals surface area contributed by atoms with Gasteiger partial charge in [-0.1, -0.05) is 40.8 Å². The molecular weight excluding hydrogens is 372 g/mol. The number of benzene rings is 1. The summed E-state index contributed by atoms with van der Waals surface area (Å²) in [5, 5.41) is 19.7. The Morgan fingerprint density at radius 3 is 2.77 bits per heavy atom. The van der Waals surface area contributed by atoms with Crippen LogP contribution in [0.2, 0.25) is 0 Å². The van der Waals surface area contributed by atoms with E-state index in [-0.39, 0.29) is 11.7 Å². The molecule has 136 valence electrons. The van der Waals surface area contributed by atoms with Crippen molar-refractivity contribution < 1.29 is 9.53 Å². The van der Waals surface area contributed by atoms with Crippen molar-refractivity contribution in [2.24, 2.45) is 0 Å². The van der Waals surface area contributed by atoms with Gasteiger partial charge in [0.05, 0.1) is 5.75 Å². The quantitative estimate of drug-likeness (QED) is 0.591. The Hall–Kier alpha value is -2.46. The fourth-order valence-electron chi connectivity index (χ4n) is 2.15. The number of carbonyl (C=O) groups excluding carboxylic acids is 1. The van der Waals surface area contributed by atoms with E-state index < -0.39 is 0 Å². The number of aryl methyl sites for hydroxylation is 1. The zero-order valence-electron chi connectivity index (χ0n) is 14.4. The first-order valence-corrected chi connectivity index (χ1v) is 9.82. The van der Waals surface area contributed by atoms with Gasteiger partial charge in [0.15, 0.2) is 11.0 Å². The van der Waals surface area contributed by atoms with Gasteiger partial charge in [0.1, 0.15) is 17.9 Å². The van der Waals surface area contributed by atoms with Crippen LogP contribution in [0.25, 0.3) is 0 Å². The molecule has 10 heteroatoms.